The van der Waals surface area contributed by atoms with Crippen LogP contribution in [0.2, 0.25) is 0 Å². The first-order valence-electron chi connectivity index (χ1n) is 9.16. The van der Waals surface area contributed by atoms with Gasteiger partial charge in [0.1, 0.15) is 0 Å². The van der Waals surface area contributed by atoms with E-state index in [1.54, 1.807) is 18.2 Å². The van der Waals surface area contributed by atoms with E-state index in [1.807, 2.05) is 11.0 Å². The SMILES string of the molecule is O=C(O)c1cccc(CN2CCN(CC(=O)N3CCCCC3)CC2)c1. The highest BCUT2D eigenvalue weighted by Gasteiger charge is 2.22. The van der Waals surface area contributed by atoms with E-state index in [-0.39, 0.29) is 5.91 Å². The van der Waals surface area contributed by atoms with Crippen LogP contribution in [0, 0.1) is 0 Å². The Balaban J connectivity index is 1.44. The van der Waals surface area contributed by atoms with Gasteiger partial charge in [0.15, 0.2) is 0 Å². The summed E-state index contributed by atoms with van der Waals surface area (Å²) in [6, 6.07) is 7.13. The maximum Gasteiger partial charge on any atom is 0.335 e. The van der Waals surface area contributed by atoms with Crippen LogP contribution in [0.5, 0.6) is 0 Å². The van der Waals surface area contributed by atoms with Gasteiger partial charge in [-0.15, -0.1) is 0 Å². The van der Waals surface area contributed by atoms with Crippen molar-refractivity contribution in [2.45, 2.75) is 25.8 Å². The molecule has 1 amide bonds. The first kappa shape index (κ1) is 17.9. The highest BCUT2D eigenvalue weighted by molar-refractivity contribution is 5.87. The molecule has 0 aromatic heterocycles. The van der Waals surface area contributed by atoms with Crippen LogP contribution in [0.25, 0.3) is 0 Å². The Labute approximate surface area is 149 Å². The van der Waals surface area contributed by atoms with Crippen molar-refractivity contribution in [2.75, 3.05) is 45.8 Å². The van der Waals surface area contributed by atoms with E-state index in [0.29, 0.717) is 12.1 Å². The number of hydrogen-bond donors (Lipinski definition) is 1. The Morgan fingerprint density at radius 2 is 1.60 bits per heavy atom. The van der Waals surface area contributed by atoms with Gasteiger partial charge in [-0.25, -0.2) is 4.79 Å². The summed E-state index contributed by atoms with van der Waals surface area (Å²) < 4.78 is 0. The highest BCUT2D eigenvalue weighted by Crippen LogP contribution is 2.12. The number of nitrogens with zero attached hydrogens (tertiary/aromatic N) is 3. The molecular formula is C19H27N3O3. The normalized spacial score (nSPS) is 19.8. The summed E-state index contributed by atoms with van der Waals surface area (Å²) in [7, 11) is 0. The molecule has 1 aromatic rings. The lowest BCUT2D eigenvalue weighted by Gasteiger charge is -2.36. The average molecular weight is 345 g/mol. The Hall–Kier alpha value is -1.92. The number of carbonyl (C=O) groups is 2. The number of hydrogen-bond acceptors (Lipinski definition) is 4. The number of benzene rings is 1. The number of piperidine rings is 1. The van der Waals surface area contributed by atoms with Gasteiger partial charge >= 0.3 is 5.97 Å². The molecule has 2 saturated heterocycles. The van der Waals surface area contributed by atoms with Crippen LogP contribution in [0.4, 0.5) is 0 Å². The smallest absolute Gasteiger partial charge is 0.335 e. The van der Waals surface area contributed by atoms with E-state index >= 15 is 0 Å². The molecule has 0 bridgehead atoms. The number of amides is 1. The molecule has 0 spiro atoms. The predicted molar refractivity (Wildman–Crippen MR) is 95.5 cm³/mol. The molecule has 2 aliphatic heterocycles. The van der Waals surface area contributed by atoms with Crippen molar-refractivity contribution in [1.29, 1.82) is 0 Å². The topological polar surface area (TPSA) is 64.1 Å². The molecule has 0 unspecified atom stereocenters. The molecule has 0 atom stereocenters. The van der Waals surface area contributed by atoms with Crippen molar-refractivity contribution >= 4 is 11.9 Å². The Morgan fingerprint density at radius 1 is 0.920 bits per heavy atom. The minimum atomic E-state index is -0.886. The van der Waals surface area contributed by atoms with Gasteiger partial charge in [0.05, 0.1) is 12.1 Å². The van der Waals surface area contributed by atoms with Gasteiger partial charge in [0.25, 0.3) is 0 Å². The predicted octanol–water partition coefficient (Wildman–Crippen LogP) is 1.51. The number of carboxylic acids is 1. The average Bonchev–Trinajstić information content (AvgIpc) is 2.64. The third kappa shape index (κ3) is 5.03. The lowest BCUT2D eigenvalue weighted by atomic mass is 10.1. The van der Waals surface area contributed by atoms with E-state index < -0.39 is 5.97 Å². The molecule has 2 heterocycles. The summed E-state index contributed by atoms with van der Waals surface area (Å²) in [5.41, 5.74) is 1.36. The number of rotatable bonds is 5. The molecule has 2 aliphatic rings. The van der Waals surface area contributed by atoms with E-state index in [0.717, 1.165) is 64.2 Å². The van der Waals surface area contributed by atoms with E-state index in [2.05, 4.69) is 9.80 Å². The minimum absolute atomic E-state index is 0.266. The van der Waals surface area contributed by atoms with Crippen LogP contribution in [-0.4, -0.2) is 77.5 Å². The second-order valence-electron chi connectivity index (χ2n) is 7.00. The van der Waals surface area contributed by atoms with Gasteiger partial charge in [0.2, 0.25) is 5.91 Å². The molecule has 2 fully saturated rings. The minimum Gasteiger partial charge on any atom is -0.478 e. The van der Waals surface area contributed by atoms with Crippen LogP contribution < -0.4 is 0 Å². The zero-order chi connectivity index (χ0) is 17.6. The van der Waals surface area contributed by atoms with Gasteiger partial charge in [-0.2, -0.15) is 0 Å². The van der Waals surface area contributed by atoms with Crippen molar-refractivity contribution in [1.82, 2.24) is 14.7 Å². The van der Waals surface area contributed by atoms with Gasteiger partial charge in [-0.1, -0.05) is 12.1 Å². The largest absolute Gasteiger partial charge is 0.478 e. The summed E-state index contributed by atoms with van der Waals surface area (Å²) in [5, 5.41) is 9.09. The Kier molecular flexibility index (Phi) is 6.04. The quantitative estimate of drug-likeness (QED) is 0.876. The van der Waals surface area contributed by atoms with Crippen molar-refractivity contribution in [2.24, 2.45) is 0 Å². The fraction of sp³-hybridized carbons (Fsp3) is 0.579. The first-order valence-corrected chi connectivity index (χ1v) is 9.16. The molecule has 1 N–H and O–H groups in total. The molecule has 3 rings (SSSR count). The summed E-state index contributed by atoms with van der Waals surface area (Å²) in [4.78, 5) is 30.0. The highest BCUT2D eigenvalue weighted by atomic mass is 16.4. The summed E-state index contributed by atoms with van der Waals surface area (Å²) in [6.07, 6.45) is 3.51. The Morgan fingerprint density at radius 3 is 2.28 bits per heavy atom. The third-order valence-corrected chi connectivity index (χ3v) is 5.11. The fourth-order valence-electron chi connectivity index (χ4n) is 3.60. The van der Waals surface area contributed by atoms with Crippen molar-refractivity contribution < 1.29 is 14.7 Å². The zero-order valence-corrected chi connectivity index (χ0v) is 14.7. The maximum absolute atomic E-state index is 12.4. The standard InChI is InChI=1S/C19H27N3O3/c23-18(22-7-2-1-3-8-22)15-21-11-9-20(10-12-21)14-16-5-4-6-17(13-16)19(24)25/h4-6,13H,1-3,7-12,14-15H2,(H,24,25). The lowest BCUT2D eigenvalue weighted by Crippen LogP contribution is -2.50. The molecule has 0 radical (unpaired) electrons. The summed E-state index contributed by atoms with van der Waals surface area (Å²) in [6.45, 7) is 6.71. The monoisotopic (exact) mass is 345 g/mol. The first-order chi connectivity index (χ1) is 12.1. The van der Waals surface area contributed by atoms with Crippen LogP contribution in [0.3, 0.4) is 0 Å². The number of aromatic carboxylic acids is 1. The second-order valence-corrected chi connectivity index (χ2v) is 7.00. The molecule has 136 valence electrons. The molecule has 0 aliphatic carbocycles. The van der Waals surface area contributed by atoms with Crippen LogP contribution in [-0.2, 0) is 11.3 Å². The molecule has 6 nitrogen and oxygen atoms in total. The molecule has 0 saturated carbocycles. The van der Waals surface area contributed by atoms with Crippen LogP contribution in [0.1, 0.15) is 35.2 Å². The zero-order valence-electron chi connectivity index (χ0n) is 14.7. The van der Waals surface area contributed by atoms with Crippen molar-refractivity contribution in [3.63, 3.8) is 0 Å². The lowest BCUT2D eigenvalue weighted by molar-refractivity contribution is -0.133. The van der Waals surface area contributed by atoms with Gasteiger partial charge < -0.3 is 10.0 Å². The van der Waals surface area contributed by atoms with E-state index in [9.17, 15) is 9.59 Å². The summed E-state index contributed by atoms with van der Waals surface area (Å²) in [5.74, 6) is -0.620. The van der Waals surface area contributed by atoms with Gasteiger partial charge in [-0.05, 0) is 37.0 Å². The Bertz CT molecular complexity index is 606. The number of likely N-dealkylation sites (tertiary alicyclic amines) is 1. The number of carboxylic acid groups (broad SMARTS) is 1. The number of carbonyl (C=O) groups excluding carboxylic acids is 1. The molecule has 6 heteroatoms. The maximum atomic E-state index is 12.4. The molecule has 25 heavy (non-hydrogen) atoms. The van der Waals surface area contributed by atoms with Crippen LogP contribution >= 0.6 is 0 Å². The molecule has 1 aromatic carbocycles. The third-order valence-electron chi connectivity index (χ3n) is 5.11. The van der Waals surface area contributed by atoms with Crippen molar-refractivity contribution in [3.8, 4) is 0 Å². The van der Waals surface area contributed by atoms with Crippen molar-refractivity contribution in [3.05, 3.63) is 35.4 Å². The second kappa shape index (κ2) is 8.45. The van der Waals surface area contributed by atoms with Gasteiger partial charge in [-0.3, -0.25) is 14.6 Å². The summed E-state index contributed by atoms with van der Waals surface area (Å²) >= 11 is 0. The van der Waals surface area contributed by atoms with E-state index in [4.69, 9.17) is 5.11 Å². The van der Waals surface area contributed by atoms with Gasteiger partial charge in [0, 0.05) is 45.8 Å². The number of piperazine rings is 1. The van der Waals surface area contributed by atoms with E-state index in [1.165, 1.54) is 6.42 Å². The molecular weight excluding hydrogens is 318 g/mol. The fourth-order valence-corrected chi connectivity index (χ4v) is 3.60. The van der Waals surface area contributed by atoms with Crippen LogP contribution in [0.15, 0.2) is 24.3 Å².